The van der Waals surface area contributed by atoms with Crippen LogP contribution in [0.5, 0.6) is 5.75 Å². The van der Waals surface area contributed by atoms with E-state index in [1.165, 1.54) is 6.26 Å². The lowest BCUT2D eigenvalue weighted by Crippen LogP contribution is -2.42. The number of hydrogen-bond acceptors (Lipinski definition) is 6. The van der Waals surface area contributed by atoms with Crippen molar-refractivity contribution in [3.8, 4) is 5.75 Å². The number of anilines is 3. The van der Waals surface area contributed by atoms with E-state index in [0.717, 1.165) is 5.69 Å². The Hall–Kier alpha value is -3.65. The van der Waals surface area contributed by atoms with Crippen molar-refractivity contribution in [1.29, 1.82) is 5.41 Å². The summed E-state index contributed by atoms with van der Waals surface area (Å²) in [5.41, 5.74) is 2.74. The van der Waals surface area contributed by atoms with E-state index in [-0.39, 0.29) is 23.8 Å². The molecule has 9 heteroatoms. The molecule has 1 aliphatic rings. The number of halogens is 1. The molecule has 2 aromatic carbocycles. The van der Waals surface area contributed by atoms with Crippen LogP contribution in [0.2, 0.25) is 0 Å². The minimum atomic E-state index is -1.03. The summed E-state index contributed by atoms with van der Waals surface area (Å²) in [6.45, 7) is 0. The van der Waals surface area contributed by atoms with E-state index in [0.29, 0.717) is 28.4 Å². The lowest BCUT2D eigenvalue weighted by Gasteiger charge is -2.38. The smallest absolute Gasteiger partial charge is 0.337 e. The fourth-order valence-electron chi connectivity index (χ4n) is 3.44. The van der Waals surface area contributed by atoms with Crippen molar-refractivity contribution in [1.82, 2.24) is 0 Å². The van der Waals surface area contributed by atoms with Crippen LogP contribution in [0.25, 0.3) is 0 Å². The molecule has 2 heterocycles. The summed E-state index contributed by atoms with van der Waals surface area (Å²) in [6, 6.07) is 14.2. The average Bonchev–Trinajstić information content (AvgIpc) is 3.22. The Kier molecular flexibility index (Phi) is 5.89. The van der Waals surface area contributed by atoms with E-state index in [1.54, 1.807) is 37.3 Å². The number of amidine groups is 1. The maximum atomic E-state index is 11.7. The second-order valence-corrected chi connectivity index (χ2v) is 6.49. The Bertz CT molecular complexity index is 1080. The summed E-state index contributed by atoms with van der Waals surface area (Å²) in [7, 11) is 3.27. The molecule has 1 aromatic heterocycles. The monoisotopic (exact) mass is 428 g/mol. The average molecular weight is 429 g/mol. The van der Waals surface area contributed by atoms with Crippen LogP contribution in [-0.2, 0) is 0 Å². The number of benzene rings is 2. The Morgan fingerprint density at radius 2 is 1.97 bits per heavy atom. The summed E-state index contributed by atoms with van der Waals surface area (Å²) in [4.78, 5) is 13.5. The SMILES string of the molecule is CNc1ccc(C2Nc3occc3C(=N)N2c2ccc(OC)cc2)cc1C(=O)O.Cl. The van der Waals surface area contributed by atoms with Gasteiger partial charge in [-0.25, -0.2) is 4.79 Å². The van der Waals surface area contributed by atoms with Gasteiger partial charge in [-0.05, 0) is 48.0 Å². The number of ether oxygens (including phenoxy) is 1. The summed E-state index contributed by atoms with van der Waals surface area (Å²) in [5.74, 6) is 0.394. The minimum Gasteiger partial charge on any atom is -0.497 e. The number of rotatable bonds is 5. The lowest BCUT2D eigenvalue weighted by molar-refractivity contribution is 0.0698. The van der Waals surface area contributed by atoms with Crippen molar-refractivity contribution in [2.24, 2.45) is 0 Å². The van der Waals surface area contributed by atoms with Crippen molar-refractivity contribution in [3.63, 3.8) is 0 Å². The standard InChI is InChI=1S/C21H20N4O4.ClH/c1-23-17-8-3-12(11-16(17)21(26)27)19-24-20-15(9-10-29-20)18(22)25(19)13-4-6-14(28-2)7-5-13;/h3-11,19,22-24H,1-2H3,(H,26,27);1H. The third kappa shape index (κ3) is 3.53. The third-order valence-corrected chi connectivity index (χ3v) is 4.90. The summed E-state index contributed by atoms with van der Waals surface area (Å²) >= 11 is 0. The second-order valence-electron chi connectivity index (χ2n) is 6.49. The van der Waals surface area contributed by atoms with Gasteiger partial charge in [0.2, 0.25) is 5.88 Å². The van der Waals surface area contributed by atoms with Crippen LogP contribution >= 0.6 is 12.4 Å². The predicted molar refractivity (Wildman–Crippen MR) is 118 cm³/mol. The highest BCUT2D eigenvalue weighted by Gasteiger charge is 2.34. The molecule has 0 bridgehead atoms. The van der Waals surface area contributed by atoms with E-state index in [1.807, 2.05) is 30.3 Å². The maximum Gasteiger partial charge on any atom is 0.337 e. The van der Waals surface area contributed by atoms with Gasteiger partial charge in [-0.1, -0.05) is 6.07 Å². The molecule has 3 aromatic rings. The number of carbonyl (C=O) groups is 1. The van der Waals surface area contributed by atoms with Crippen molar-refractivity contribution >= 4 is 41.5 Å². The molecular weight excluding hydrogens is 408 g/mol. The molecule has 1 atom stereocenters. The first-order chi connectivity index (χ1) is 14.0. The summed E-state index contributed by atoms with van der Waals surface area (Å²) < 4.78 is 10.7. The molecule has 8 nitrogen and oxygen atoms in total. The number of hydrogen-bond donors (Lipinski definition) is 4. The van der Waals surface area contributed by atoms with Crippen LogP contribution in [0.3, 0.4) is 0 Å². The van der Waals surface area contributed by atoms with Crippen molar-refractivity contribution in [2.45, 2.75) is 6.17 Å². The number of carboxylic acid groups (broad SMARTS) is 1. The van der Waals surface area contributed by atoms with Crippen LogP contribution in [0, 0.1) is 5.41 Å². The van der Waals surface area contributed by atoms with Crippen LogP contribution in [0.4, 0.5) is 17.3 Å². The van der Waals surface area contributed by atoms with Crippen LogP contribution in [-0.4, -0.2) is 31.1 Å². The van der Waals surface area contributed by atoms with Crippen molar-refractivity contribution in [3.05, 3.63) is 71.5 Å². The predicted octanol–water partition coefficient (Wildman–Crippen LogP) is 4.41. The highest BCUT2D eigenvalue weighted by Crippen LogP contribution is 2.38. The first kappa shape index (κ1) is 21.1. The van der Waals surface area contributed by atoms with Gasteiger partial charge in [-0.3, -0.25) is 5.41 Å². The summed E-state index contributed by atoms with van der Waals surface area (Å²) in [5, 5.41) is 24.5. The number of nitrogens with zero attached hydrogens (tertiary/aromatic N) is 1. The van der Waals surface area contributed by atoms with Gasteiger partial charge in [0.1, 0.15) is 17.8 Å². The first-order valence-electron chi connectivity index (χ1n) is 8.94. The van der Waals surface area contributed by atoms with Gasteiger partial charge in [0.05, 0.1) is 24.5 Å². The van der Waals surface area contributed by atoms with Crippen molar-refractivity contribution in [2.75, 3.05) is 29.7 Å². The van der Waals surface area contributed by atoms with Gasteiger partial charge in [-0.15, -0.1) is 12.4 Å². The van der Waals surface area contributed by atoms with E-state index in [2.05, 4.69) is 10.6 Å². The topological polar surface area (TPSA) is 111 Å². The molecule has 0 amide bonds. The molecule has 0 fully saturated rings. The molecular formula is C21H21ClN4O4. The van der Waals surface area contributed by atoms with Gasteiger partial charge < -0.3 is 29.8 Å². The van der Waals surface area contributed by atoms with Crippen molar-refractivity contribution < 1.29 is 19.1 Å². The molecule has 0 spiro atoms. The highest BCUT2D eigenvalue weighted by atomic mass is 35.5. The summed E-state index contributed by atoms with van der Waals surface area (Å²) in [6.07, 6.45) is 0.992. The third-order valence-electron chi connectivity index (χ3n) is 4.90. The Labute approximate surface area is 179 Å². The zero-order chi connectivity index (χ0) is 20.5. The molecule has 156 valence electrons. The van der Waals surface area contributed by atoms with Crippen LogP contribution < -0.4 is 20.3 Å². The molecule has 1 aliphatic heterocycles. The van der Waals surface area contributed by atoms with Crippen LogP contribution in [0.15, 0.2) is 59.2 Å². The number of nitrogens with one attached hydrogen (secondary N) is 3. The molecule has 1 unspecified atom stereocenters. The zero-order valence-corrected chi connectivity index (χ0v) is 17.1. The molecule has 4 rings (SSSR count). The maximum absolute atomic E-state index is 11.7. The van der Waals surface area contributed by atoms with E-state index >= 15 is 0 Å². The van der Waals surface area contributed by atoms with Gasteiger partial charge in [0, 0.05) is 18.4 Å². The van der Waals surface area contributed by atoms with E-state index in [9.17, 15) is 9.90 Å². The molecule has 0 saturated heterocycles. The molecule has 0 saturated carbocycles. The molecule has 4 N–H and O–H groups in total. The highest BCUT2D eigenvalue weighted by molar-refractivity contribution is 6.13. The van der Waals surface area contributed by atoms with Gasteiger partial charge in [0.25, 0.3) is 0 Å². The molecule has 0 aliphatic carbocycles. The Balaban J connectivity index is 0.00000256. The van der Waals surface area contributed by atoms with Crippen LogP contribution in [0.1, 0.15) is 27.7 Å². The molecule has 0 radical (unpaired) electrons. The Morgan fingerprint density at radius 3 is 2.60 bits per heavy atom. The quantitative estimate of drug-likeness (QED) is 0.476. The number of fused-ring (bicyclic) bond motifs is 1. The zero-order valence-electron chi connectivity index (χ0n) is 16.3. The van der Waals surface area contributed by atoms with E-state index < -0.39 is 12.1 Å². The number of methoxy groups -OCH3 is 1. The van der Waals surface area contributed by atoms with E-state index in [4.69, 9.17) is 14.6 Å². The normalized spacial score (nSPS) is 14.9. The Morgan fingerprint density at radius 1 is 1.23 bits per heavy atom. The fraction of sp³-hybridized carbons (Fsp3) is 0.143. The molecule has 30 heavy (non-hydrogen) atoms. The first-order valence-corrected chi connectivity index (χ1v) is 8.94. The van der Waals surface area contributed by atoms with Gasteiger partial charge >= 0.3 is 5.97 Å². The fourth-order valence-corrected chi connectivity index (χ4v) is 3.44. The number of aromatic carboxylic acids is 1. The lowest BCUT2D eigenvalue weighted by atomic mass is 10.0. The van der Waals surface area contributed by atoms with Gasteiger partial charge in [0.15, 0.2) is 0 Å². The second kappa shape index (κ2) is 8.38. The minimum absolute atomic E-state index is 0. The van der Waals surface area contributed by atoms with Gasteiger partial charge in [-0.2, -0.15) is 0 Å². The number of furan rings is 1. The number of carboxylic acids is 1. The largest absolute Gasteiger partial charge is 0.497 e.